The highest BCUT2D eigenvalue weighted by molar-refractivity contribution is 7.13. The lowest BCUT2D eigenvalue weighted by molar-refractivity contribution is -0.117. The van der Waals surface area contributed by atoms with E-state index in [1.165, 1.54) is 40.4 Å². The van der Waals surface area contributed by atoms with Crippen LogP contribution < -0.4 is 10.9 Å². The van der Waals surface area contributed by atoms with Crippen molar-refractivity contribution in [3.63, 3.8) is 0 Å². The number of hydrogen-bond acceptors (Lipinski definition) is 5. The van der Waals surface area contributed by atoms with Crippen LogP contribution in [0.2, 0.25) is 0 Å². The second-order valence-electron chi connectivity index (χ2n) is 5.49. The van der Waals surface area contributed by atoms with Crippen LogP contribution in [0, 0.1) is 5.82 Å². The molecule has 3 aromatic heterocycles. The number of carbonyl (C=O) groups excluding carboxylic acids is 1. The second kappa shape index (κ2) is 6.52. The fourth-order valence-corrected chi connectivity index (χ4v) is 3.18. The quantitative estimate of drug-likeness (QED) is 0.599. The van der Waals surface area contributed by atoms with Crippen LogP contribution in [-0.2, 0) is 11.3 Å². The van der Waals surface area contributed by atoms with E-state index in [0.717, 1.165) is 9.56 Å². The van der Waals surface area contributed by atoms with Gasteiger partial charge in [0, 0.05) is 5.69 Å². The number of carbonyl (C=O) groups is 1. The van der Waals surface area contributed by atoms with Crippen LogP contribution in [0.3, 0.4) is 0 Å². The summed E-state index contributed by atoms with van der Waals surface area (Å²) in [5.41, 5.74) is 0.869. The molecule has 0 radical (unpaired) electrons. The van der Waals surface area contributed by atoms with E-state index in [0.29, 0.717) is 16.9 Å². The number of anilines is 1. The van der Waals surface area contributed by atoms with Gasteiger partial charge in [-0.1, -0.05) is 12.1 Å². The monoisotopic (exact) mass is 369 g/mol. The average molecular weight is 369 g/mol. The summed E-state index contributed by atoms with van der Waals surface area (Å²) in [5.74, 6) is -0.938. The summed E-state index contributed by atoms with van der Waals surface area (Å²) in [7, 11) is 0. The lowest BCUT2D eigenvalue weighted by atomic mass is 10.3. The first-order valence-electron chi connectivity index (χ1n) is 7.65. The fourth-order valence-electron chi connectivity index (χ4n) is 2.50. The number of nitrogens with one attached hydrogen (secondary N) is 1. The summed E-state index contributed by atoms with van der Waals surface area (Å²) in [4.78, 5) is 25.6. The lowest BCUT2D eigenvalue weighted by Crippen LogP contribution is -2.30. The van der Waals surface area contributed by atoms with Crippen molar-refractivity contribution in [1.82, 2.24) is 19.4 Å². The highest BCUT2D eigenvalue weighted by Gasteiger charge is 2.13. The minimum atomic E-state index is -0.479. The van der Waals surface area contributed by atoms with Gasteiger partial charge in [-0.15, -0.1) is 11.3 Å². The third-order valence-electron chi connectivity index (χ3n) is 3.67. The fraction of sp³-hybridized carbons (Fsp3) is 0.0588. The van der Waals surface area contributed by atoms with Crippen molar-refractivity contribution >= 4 is 28.4 Å². The topological polar surface area (TPSA) is 81.3 Å². The minimum absolute atomic E-state index is 0.286. The maximum atomic E-state index is 13.2. The van der Waals surface area contributed by atoms with Crippen LogP contribution in [-0.4, -0.2) is 25.3 Å². The Morgan fingerprint density at radius 2 is 2.12 bits per heavy atom. The van der Waals surface area contributed by atoms with Gasteiger partial charge >= 0.3 is 0 Å². The van der Waals surface area contributed by atoms with Crippen molar-refractivity contribution in [3.05, 3.63) is 70.3 Å². The molecular formula is C17H12FN5O2S. The maximum absolute atomic E-state index is 13.2. The Labute approximate surface area is 150 Å². The number of halogens is 1. The van der Waals surface area contributed by atoms with Crippen LogP contribution in [0.1, 0.15) is 0 Å². The van der Waals surface area contributed by atoms with Gasteiger partial charge in [0.2, 0.25) is 5.91 Å². The lowest BCUT2D eigenvalue weighted by Gasteiger charge is -2.06. The van der Waals surface area contributed by atoms with E-state index >= 15 is 0 Å². The number of hydrogen-bond donors (Lipinski definition) is 1. The summed E-state index contributed by atoms with van der Waals surface area (Å²) in [5, 5.41) is 12.8. The van der Waals surface area contributed by atoms with Crippen LogP contribution in [0.25, 0.3) is 16.1 Å². The molecule has 0 saturated heterocycles. The minimum Gasteiger partial charge on any atom is -0.324 e. The zero-order valence-electron chi connectivity index (χ0n) is 13.3. The second-order valence-corrected chi connectivity index (χ2v) is 6.44. The van der Waals surface area contributed by atoms with Crippen LogP contribution >= 0.6 is 11.3 Å². The van der Waals surface area contributed by atoms with Gasteiger partial charge in [-0.2, -0.15) is 10.2 Å². The van der Waals surface area contributed by atoms with Gasteiger partial charge in [0.05, 0.1) is 4.88 Å². The highest BCUT2D eigenvalue weighted by Crippen LogP contribution is 2.23. The van der Waals surface area contributed by atoms with Crippen molar-refractivity contribution in [1.29, 1.82) is 0 Å². The average Bonchev–Trinajstić information content (AvgIpc) is 3.26. The molecule has 4 rings (SSSR count). The highest BCUT2D eigenvalue weighted by atomic mass is 32.1. The van der Waals surface area contributed by atoms with Gasteiger partial charge in [-0.25, -0.2) is 13.6 Å². The van der Waals surface area contributed by atoms with Crippen molar-refractivity contribution < 1.29 is 9.18 Å². The number of rotatable bonds is 4. The molecule has 1 amide bonds. The number of aromatic nitrogens is 4. The molecule has 7 nitrogen and oxygen atoms in total. The molecule has 0 bridgehead atoms. The first kappa shape index (κ1) is 16.2. The Hall–Kier alpha value is -3.33. The third kappa shape index (κ3) is 3.11. The smallest absolute Gasteiger partial charge is 0.293 e. The molecule has 1 N–H and O–H groups in total. The molecule has 130 valence electrons. The van der Waals surface area contributed by atoms with E-state index < -0.39 is 17.3 Å². The van der Waals surface area contributed by atoms with Crippen LogP contribution in [0.5, 0.6) is 0 Å². The number of nitrogens with zero attached hydrogens (tertiary/aromatic N) is 4. The summed E-state index contributed by atoms with van der Waals surface area (Å²) in [6.07, 6.45) is 1.38. The normalized spacial score (nSPS) is 11.0. The van der Waals surface area contributed by atoms with Gasteiger partial charge in [0.15, 0.2) is 0 Å². The predicted octanol–water partition coefficient (Wildman–Crippen LogP) is 2.40. The molecule has 0 atom stereocenters. The SMILES string of the molecule is O=C(Cn1ncn2nc(-c3cccs3)cc2c1=O)Nc1cccc(F)c1. The summed E-state index contributed by atoms with van der Waals surface area (Å²) in [6, 6.07) is 11.0. The van der Waals surface area contributed by atoms with Gasteiger partial charge in [-0.05, 0) is 35.7 Å². The van der Waals surface area contributed by atoms with E-state index in [4.69, 9.17) is 0 Å². The molecule has 3 heterocycles. The van der Waals surface area contributed by atoms with Gasteiger partial charge in [-0.3, -0.25) is 9.59 Å². The first-order chi connectivity index (χ1) is 12.6. The Bertz CT molecular complexity index is 1150. The summed E-state index contributed by atoms with van der Waals surface area (Å²) in [6.45, 7) is -0.286. The molecule has 4 aromatic rings. The molecule has 0 fully saturated rings. The molecular weight excluding hydrogens is 357 g/mol. The Morgan fingerprint density at radius 1 is 1.23 bits per heavy atom. The molecule has 0 saturated carbocycles. The zero-order valence-corrected chi connectivity index (χ0v) is 14.1. The molecule has 0 aliphatic heterocycles. The van der Waals surface area contributed by atoms with E-state index in [9.17, 15) is 14.0 Å². The Balaban J connectivity index is 1.59. The van der Waals surface area contributed by atoms with E-state index in [1.54, 1.807) is 12.1 Å². The Morgan fingerprint density at radius 3 is 2.88 bits per heavy atom. The van der Waals surface area contributed by atoms with Gasteiger partial charge < -0.3 is 5.32 Å². The number of fused-ring (bicyclic) bond motifs is 1. The van der Waals surface area contributed by atoms with E-state index in [1.807, 2.05) is 17.5 Å². The molecule has 26 heavy (non-hydrogen) atoms. The molecule has 0 aliphatic carbocycles. The number of thiophene rings is 1. The van der Waals surface area contributed by atoms with Crippen LogP contribution in [0.4, 0.5) is 10.1 Å². The largest absolute Gasteiger partial charge is 0.324 e. The summed E-state index contributed by atoms with van der Waals surface area (Å²) >= 11 is 1.51. The Kier molecular flexibility index (Phi) is 4.05. The predicted molar refractivity (Wildman–Crippen MR) is 95.6 cm³/mol. The maximum Gasteiger partial charge on any atom is 0.293 e. The standard InChI is InChI=1S/C17H12FN5O2S/c18-11-3-1-4-12(7-11)20-16(24)9-22-17(25)14-8-13(15-5-2-6-26-15)21-23(14)10-19-22/h1-8,10H,9H2,(H,20,24). The van der Waals surface area contributed by atoms with Crippen molar-refractivity contribution in [2.24, 2.45) is 0 Å². The van der Waals surface area contributed by atoms with Gasteiger partial charge in [0.1, 0.15) is 29.9 Å². The number of amides is 1. The van der Waals surface area contributed by atoms with E-state index in [-0.39, 0.29) is 6.54 Å². The van der Waals surface area contributed by atoms with Gasteiger partial charge in [0.25, 0.3) is 5.56 Å². The third-order valence-corrected chi connectivity index (χ3v) is 4.56. The molecule has 0 spiro atoms. The van der Waals surface area contributed by atoms with Crippen molar-refractivity contribution in [2.75, 3.05) is 5.32 Å². The van der Waals surface area contributed by atoms with Crippen LogP contribution in [0.15, 0.2) is 59.0 Å². The molecule has 1 aromatic carbocycles. The van der Waals surface area contributed by atoms with Crippen molar-refractivity contribution in [2.45, 2.75) is 6.54 Å². The molecule has 0 unspecified atom stereocenters. The first-order valence-corrected chi connectivity index (χ1v) is 8.53. The number of benzene rings is 1. The molecule has 0 aliphatic rings. The van der Waals surface area contributed by atoms with E-state index in [2.05, 4.69) is 15.5 Å². The zero-order chi connectivity index (χ0) is 18.1. The van der Waals surface area contributed by atoms with Crippen molar-refractivity contribution in [3.8, 4) is 10.6 Å². The summed E-state index contributed by atoms with van der Waals surface area (Å²) < 4.78 is 15.6. The molecule has 9 heteroatoms.